The number of halogens is 2. The number of fused-ring (bicyclic) bond motifs is 1. The van der Waals surface area contributed by atoms with Gasteiger partial charge in [-0.15, -0.1) is 0 Å². The molecule has 0 spiro atoms. The number of carboxylic acids is 1. The highest BCUT2D eigenvalue weighted by Crippen LogP contribution is 2.39. The molecule has 6 rings (SSSR count). The van der Waals surface area contributed by atoms with Crippen molar-refractivity contribution in [2.45, 2.75) is 18.9 Å². The lowest BCUT2D eigenvalue weighted by molar-refractivity contribution is -0.139. The highest BCUT2D eigenvalue weighted by atomic mass is 19.1. The van der Waals surface area contributed by atoms with Crippen LogP contribution in [-0.2, 0) is 17.6 Å². The van der Waals surface area contributed by atoms with E-state index in [0.717, 1.165) is 58.0 Å². The van der Waals surface area contributed by atoms with E-state index in [9.17, 15) is 23.5 Å². The molecule has 1 amide bonds. The van der Waals surface area contributed by atoms with Crippen LogP contribution >= 0.6 is 0 Å². The minimum atomic E-state index is -1.44. The number of aromatic nitrogens is 2. The van der Waals surface area contributed by atoms with Crippen LogP contribution in [0, 0.1) is 11.6 Å². The molecule has 3 aromatic carbocycles. The summed E-state index contributed by atoms with van der Waals surface area (Å²) in [6, 6.07) is 14.6. The third-order valence-electron chi connectivity index (χ3n) is 6.94. The Hall–Kier alpha value is -4.92. The molecule has 39 heavy (non-hydrogen) atoms. The van der Waals surface area contributed by atoms with Gasteiger partial charge in [0.15, 0.2) is 0 Å². The topological polar surface area (TPSA) is 101 Å². The molecular formula is C30H21F2N3O4. The van der Waals surface area contributed by atoms with Crippen molar-refractivity contribution in [1.29, 1.82) is 0 Å². The molecule has 1 aliphatic heterocycles. The molecule has 2 aromatic heterocycles. The minimum absolute atomic E-state index is 0.129. The van der Waals surface area contributed by atoms with E-state index in [1.807, 2.05) is 30.3 Å². The van der Waals surface area contributed by atoms with Crippen molar-refractivity contribution in [3.8, 4) is 16.9 Å². The number of amides is 1. The maximum Gasteiger partial charge on any atom is 0.326 e. The van der Waals surface area contributed by atoms with Gasteiger partial charge in [0.2, 0.25) is 0 Å². The molecule has 0 saturated heterocycles. The van der Waals surface area contributed by atoms with Crippen LogP contribution in [-0.4, -0.2) is 39.6 Å². The zero-order chi connectivity index (χ0) is 27.1. The van der Waals surface area contributed by atoms with Gasteiger partial charge in [-0.1, -0.05) is 24.3 Å². The zero-order valence-electron chi connectivity index (χ0n) is 20.4. The fraction of sp³-hybridized carbons (Fsp3) is 0.133. The first-order valence-electron chi connectivity index (χ1n) is 12.3. The van der Waals surface area contributed by atoms with Crippen LogP contribution in [0.1, 0.15) is 21.5 Å². The number of pyridine rings is 2. The quantitative estimate of drug-likeness (QED) is 0.320. The predicted octanol–water partition coefficient (Wildman–Crippen LogP) is 5.09. The Morgan fingerprint density at radius 1 is 0.923 bits per heavy atom. The van der Waals surface area contributed by atoms with Crippen LogP contribution in [0.5, 0.6) is 5.75 Å². The van der Waals surface area contributed by atoms with Crippen LogP contribution in [0.3, 0.4) is 0 Å². The number of carbonyl (C=O) groups excluding carboxylic acids is 1. The Morgan fingerprint density at radius 3 is 2.46 bits per heavy atom. The third-order valence-corrected chi connectivity index (χ3v) is 6.94. The highest BCUT2D eigenvalue weighted by Gasteiger charge is 2.26. The second kappa shape index (κ2) is 9.75. The summed E-state index contributed by atoms with van der Waals surface area (Å²) >= 11 is 0. The van der Waals surface area contributed by atoms with Gasteiger partial charge in [0, 0.05) is 47.1 Å². The summed E-state index contributed by atoms with van der Waals surface area (Å²) in [6.07, 6.45) is 4.08. The van der Waals surface area contributed by atoms with Crippen molar-refractivity contribution in [3.63, 3.8) is 0 Å². The average molecular weight is 526 g/mol. The second-order valence-corrected chi connectivity index (χ2v) is 9.24. The number of ether oxygens (including phenoxy) is 1. The van der Waals surface area contributed by atoms with Crippen molar-refractivity contribution in [3.05, 3.63) is 101 Å². The summed E-state index contributed by atoms with van der Waals surface area (Å²) in [5.74, 6) is -3.85. The Labute approximate surface area is 221 Å². The number of rotatable bonds is 6. The Morgan fingerprint density at radius 2 is 1.67 bits per heavy atom. The minimum Gasteiger partial charge on any atom is -0.493 e. The normalized spacial score (nSPS) is 13.2. The van der Waals surface area contributed by atoms with Crippen LogP contribution < -0.4 is 10.1 Å². The maximum atomic E-state index is 14.1. The Bertz CT molecular complexity index is 1760. The van der Waals surface area contributed by atoms with Crippen molar-refractivity contribution in [2.75, 3.05) is 6.61 Å². The number of aliphatic carboxylic acids is 1. The summed E-state index contributed by atoms with van der Waals surface area (Å²) in [4.78, 5) is 33.9. The van der Waals surface area contributed by atoms with E-state index in [-0.39, 0.29) is 6.42 Å². The van der Waals surface area contributed by atoms with Gasteiger partial charge in [-0.05, 0) is 47.5 Å². The molecule has 2 N–H and O–H groups in total. The van der Waals surface area contributed by atoms with Gasteiger partial charge in [-0.3, -0.25) is 14.8 Å². The fourth-order valence-corrected chi connectivity index (χ4v) is 5.11. The summed E-state index contributed by atoms with van der Waals surface area (Å²) < 4.78 is 34.1. The molecule has 9 heteroatoms. The van der Waals surface area contributed by atoms with Crippen LogP contribution in [0.4, 0.5) is 8.78 Å². The molecule has 0 unspecified atom stereocenters. The fourth-order valence-electron chi connectivity index (χ4n) is 5.11. The van der Waals surface area contributed by atoms with Crippen LogP contribution in [0.25, 0.3) is 32.9 Å². The van der Waals surface area contributed by atoms with Crippen LogP contribution in [0.2, 0.25) is 0 Å². The molecule has 0 aliphatic carbocycles. The van der Waals surface area contributed by atoms with E-state index >= 15 is 0 Å². The molecule has 7 nitrogen and oxygen atoms in total. The van der Waals surface area contributed by atoms with Crippen molar-refractivity contribution < 1.29 is 28.2 Å². The number of nitrogens with zero attached hydrogens (tertiary/aromatic N) is 2. The number of hydrogen-bond donors (Lipinski definition) is 2. The van der Waals surface area contributed by atoms with Gasteiger partial charge in [-0.25, -0.2) is 13.6 Å². The lowest BCUT2D eigenvalue weighted by Gasteiger charge is -2.20. The largest absolute Gasteiger partial charge is 0.493 e. The molecule has 0 saturated carbocycles. The number of carbonyl (C=O) groups is 2. The Kier molecular flexibility index (Phi) is 6.11. The maximum absolute atomic E-state index is 14.1. The van der Waals surface area contributed by atoms with E-state index in [4.69, 9.17) is 4.74 Å². The van der Waals surface area contributed by atoms with Crippen molar-refractivity contribution in [1.82, 2.24) is 15.3 Å². The highest BCUT2D eigenvalue weighted by molar-refractivity contribution is 6.06. The number of benzene rings is 3. The number of carboxylic acid groups (broad SMARTS) is 1. The van der Waals surface area contributed by atoms with E-state index in [0.29, 0.717) is 23.1 Å². The predicted molar refractivity (Wildman–Crippen MR) is 141 cm³/mol. The van der Waals surface area contributed by atoms with Gasteiger partial charge < -0.3 is 15.2 Å². The number of hydrogen-bond acceptors (Lipinski definition) is 5. The first kappa shape index (κ1) is 24.4. The third kappa shape index (κ3) is 4.31. The smallest absolute Gasteiger partial charge is 0.326 e. The van der Waals surface area contributed by atoms with Crippen molar-refractivity contribution in [2.24, 2.45) is 0 Å². The van der Waals surface area contributed by atoms with Crippen molar-refractivity contribution >= 4 is 33.7 Å². The van der Waals surface area contributed by atoms with Gasteiger partial charge in [-0.2, -0.15) is 0 Å². The number of nitrogens with one attached hydrogen (secondary N) is 1. The molecule has 0 bridgehead atoms. The summed E-state index contributed by atoms with van der Waals surface area (Å²) in [5, 5.41) is 13.7. The van der Waals surface area contributed by atoms with Crippen LogP contribution in [0.15, 0.2) is 73.1 Å². The lowest BCUT2D eigenvalue weighted by atomic mass is 9.92. The second-order valence-electron chi connectivity index (χ2n) is 9.24. The van der Waals surface area contributed by atoms with Gasteiger partial charge in [0.1, 0.15) is 29.0 Å². The SMILES string of the molecule is O=C(N[C@@H](Cc1ccc(-c2ccc3c4c(ccnc24)CCO3)c2ncccc12)C(=O)O)c1c(F)cccc1F. The van der Waals surface area contributed by atoms with Gasteiger partial charge in [0.25, 0.3) is 5.91 Å². The van der Waals surface area contributed by atoms with E-state index < -0.39 is 35.1 Å². The van der Waals surface area contributed by atoms with E-state index in [2.05, 4.69) is 15.3 Å². The molecule has 5 aromatic rings. The molecule has 3 heterocycles. The average Bonchev–Trinajstić information content (AvgIpc) is 2.93. The standard InChI is InChI=1S/C30H21F2N3O4/c31-21-4-1-5-22(32)26(21)29(36)35-23(30(37)38)15-17-6-7-19(27-18(17)3-2-12-33-27)20-8-9-24-25-16(11-14-39-24)10-13-34-28(20)25/h1-10,12-13,23H,11,14-15H2,(H,35,36)(H,37,38)/t23-/m0/s1. The van der Waals surface area contributed by atoms with Gasteiger partial charge >= 0.3 is 5.97 Å². The monoisotopic (exact) mass is 525 g/mol. The molecule has 0 radical (unpaired) electrons. The molecular weight excluding hydrogens is 504 g/mol. The summed E-state index contributed by atoms with van der Waals surface area (Å²) in [7, 11) is 0. The van der Waals surface area contributed by atoms with Gasteiger partial charge in [0.05, 0.1) is 17.6 Å². The van der Waals surface area contributed by atoms with E-state index in [1.54, 1.807) is 24.5 Å². The first-order chi connectivity index (χ1) is 18.9. The Balaban J connectivity index is 1.40. The molecule has 0 fully saturated rings. The molecule has 194 valence electrons. The zero-order valence-corrected chi connectivity index (χ0v) is 20.4. The lowest BCUT2D eigenvalue weighted by Crippen LogP contribution is -2.43. The molecule has 1 aliphatic rings. The first-order valence-corrected chi connectivity index (χ1v) is 12.3. The summed E-state index contributed by atoms with van der Waals surface area (Å²) in [5.41, 5.74) is 4.00. The summed E-state index contributed by atoms with van der Waals surface area (Å²) in [6.45, 7) is 0.607. The molecule has 1 atom stereocenters. The van der Waals surface area contributed by atoms with E-state index in [1.165, 1.54) is 0 Å².